The zero-order chi connectivity index (χ0) is 29.5. The maximum Gasteiger partial charge on any atom is 0.460 e. The van der Waals surface area contributed by atoms with Crippen LogP contribution in [0.5, 0.6) is 0 Å². The molecule has 0 fully saturated rings. The predicted molar refractivity (Wildman–Crippen MR) is 66.9 cm³/mol. The number of amides is 2. The molecule has 1 heterocycles. The third-order valence-electron chi connectivity index (χ3n) is 4.24. The molecule has 0 aromatic rings. The summed E-state index contributed by atoms with van der Waals surface area (Å²) in [7, 11) is 0. The van der Waals surface area contributed by atoms with Gasteiger partial charge in [-0.1, -0.05) is 0 Å². The highest BCUT2D eigenvalue weighted by Crippen LogP contribution is 2.62. The van der Waals surface area contributed by atoms with E-state index in [9.17, 15) is 97.4 Å². The molecule has 0 aromatic heterocycles. The molecular formula is C13HF20NO2. The highest BCUT2D eigenvalue weighted by Gasteiger charge is 2.92. The van der Waals surface area contributed by atoms with Gasteiger partial charge in [0, 0.05) is 0 Å². The van der Waals surface area contributed by atoms with Gasteiger partial charge < -0.3 is 0 Å². The molecule has 0 unspecified atom stereocenters. The van der Waals surface area contributed by atoms with E-state index < -0.39 is 76.8 Å². The molecule has 0 bridgehead atoms. The van der Waals surface area contributed by atoms with Crippen LogP contribution < -0.4 is 5.32 Å². The van der Waals surface area contributed by atoms with E-state index in [1.807, 2.05) is 0 Å². The number of nitrogens with one attached hydrogen (secondary N) is 1. The van der Waals surface area contributed by atoms with Gasteiger partial charge in [0.2, 0.25) is 0 Å². The first-order valence-electron chi connectivity index (χ1n) is 7.69. The lowest BCUT2D eigenvalue weighted by atomic mass is 9.87. The number of carbonyl (C=O) groups excluding carboxylic acids is 2. The summed E-state index contributed by atoms with van der Waals surface area (Å²) in [5.41, 5.74) is -8.85. The Morgan fingerprint density at radius 2 is 0.611 bits per heavy atom. The molecule has 0 spiro atoms. The quantitative estimate of drug-likeness (QED) is 0.318. The van der Waals surface area contributed by atoms with Gasteiger partial charge in [0.25, 0.3) is 11.8 Å². The monoisotopic (exact) mass is 583 g/mol. The van der Waals surface area contributed by atoms with Crippen LogP contribution in [0.2, 0.25) is 0 Å². The summed E-state index contributed by atoms with van der Waals surface area (Å²) in [6, 6.07) is 0. The first-order valence-corrected chi connectivity index (χ1v) is 7.69. The summed E-state index contributed by atoms with van der Waals surface area (Å²) >= 11 is 0. The van der Waals surface area contributed by atoms with Gasteiger partial charge in [-0.2, -0.15) is 87.8 Å². The van der Waals surface area contributed by atoms with Crippen molar-refractivity contribution in [1.29, 1.82) is 0 Å². The van der Waals surface area contributed by atoms with Crippen molar-refractivity contribution in [2.45, 2.75) is 53.8 Å². The Morgan fingerprint density at radius 3 is 0.889 bits per heavy atom. The van der Waals surface area contributed by atoms with Crippen molar-refractivity contribution in [3.8, 4) is 0 Å². The lowest BCUT2D eigenvalue weighted by Gasteiger charge is -2.40. The second-order valence-electron chi connectivity index (χ2n) is 6.55. The molecule has 1 aliphatic heterocycles. The molecule has 3 nitrogen and oxygen atoms in total. The fraction of sp³-hybridized carbons (Fsp3) is 0.692. The van der Waals surface area contributed by atoms with Crippen LogP contribution in [0.15, 0.2) is 11.1 Å². The van der Waals surface area contributed by atoms with Crippen LogP contribution in [0.1, 0.15) is 0 Å². The molecule has 36 heavy (non-hydrogen) atoms. The number of alkyl halides is 20. The number of halogens is 20. The minimum Gasteiger partial charge on any atom is -0.288 e. The van der Waals surface area contributed by atoms with E-state index in [0.29, 0.717) is 0 Å². The lowest BCUT2D eigenvalue weighted by Crippen LogP contribution is -2.70. The zero-order valence-electron chi connectivity index (χ0n) is 15.4. The molecule has 0 saturated carbocycles. The Morgan fingerprint density at radius 1 is 0.361 bits per heavy atom. The zero-order valence-corrected chi connectivity index (χ0v) is 15.4. The molecule has 1 rings (SSSR count). The van der Waals surface area contributed by atoms with Crippen LogP contribution in [0.3, 0.4) is 0 Å². The van der Waals surface area contributed by atoms with E-state index in [0.717, 1.165) is 0 Å². The summed E-state index contributed by atoms with van der Waals surface area (Å²) in [6.07, 6.45) is -15.5. The maximum atomic E-state index is 14.1. The molecular weight excluding hydrogens is 582 g/mol. The van der Waals surface area contributed by atoms with Crippen molar-refractivity contribution < 1.29 is 97.4 Å². The van der Waals surface area contributed by atoms with Crippen LogP contribution in [0, 0.1) is 0 Å². The topological polar surface area (TPSA) is 46.2 Å². The van der Waals surface area contributed by atoms with Gasteiger partial charge in [0.05, 0.1) is 0 Å². The smallest absolute Gasteiger partial charge is 0.288 e. The lowest BCUT2D eigenvalue weighted by molar-refractivity contribution is -0.436. The van der Waals surface area contributed by atoms with Crippen molar-refractivity contribution in [3.05, 3.63) is 11.1 Å². The Balaban J connectivity index is 4.04. The first-order chi connectivity index (χ1) is 15.3. The summed E-state index contributed by atoms with van der Waals surface area (Å²) in [5.74, 6) is -64.8. The molecule has 1 aliphatic rings. The molecule has 0 atom stereocenters. The van der Waals surface area contributed by atoms with Crippen molar-refractivity contribution in [3.63, 3.8) is 0 Å². The van der Waals surface area contributed by atoms with Crippen LogP contribution in [0.4, 0.5) is 87.8 Å². The molecule has 0 radical (unpaired) electrons. The number of imide groups is 1. The molecule has 1 N–H and O–H groups in total. The van der Waals surface area contributed by atoms with E-state index in [2.05, 4.69) is 0 Å². The van der Waals surface area contributed by atoms with E-state index in [4.69, 9.17) is 0 Å². The number of rotatable bonds is 7. The summed E-state index contributed by atoms with van der Waals surface area (Å²) < 4.78 is 261. The summed E-state index contributed by atoms with van der Waals surface area (Å²) in [5, 5.41) is -0.0370. The van der Waals surface area contributed by atoms with Crippen LogP contribution in [-0.4, -0.2) is 65.6 Å². The van der Waals surface area contributed by atoms with Crippen LogP contribution >= 0.6 is 0 Å². The number of hydrogen-bond donors (Lipinski definition) is 1. The molecule has 2 amide bonds. The highest BCUT2D eigenvalue weighted by molar-refractivity contribution is 6.21. The molecule has 0 saturated heterocycles. The highest BCUT2D eigenvalue weighted by atomic mass is 19.4. The van der Waals surface area contributed by atoms with Crippen molar-refractivity contribution >= 4 is 11.8 Å². The Bertz CT molecular complexity index is 967. The second-order valence-corrected chi connectivity index (χ2v) is 6.55. The Kier molecular flexibility index (Phi) is 6.78. The van der Waals surface area contributed by atoms with E-state index in [1.54, 1.807) is 0 Å². The van der Waals surface area contributed by atoms with Gasteiger partial charge in [-0.15, -0.1) is 0 Å². The molecule has 210 valence electrons. The minimum atomic E-state index is -8.74. The standard InChI is InChI=1S/C13HF20NO2/c14-5(15,7(18,19)9(22,23)10(24,25)11(26,27)13(31,32)33)1-2(4(36)34-3(1)35)6(16,17)8(20,21)12(28,29)30/h(H,34,35,36). The predicted octanol–water partition coefficient (Wildman–Crippen LogP) is 5.51. The van der Waals surface area contributed by atoms with Gasteiger partial charge in [0.1, 0.15) is 11.1 Å². The average molecular weight is 583 g/mol. The van der Waals surface area contributed by atoms with Gasteiger partial charge in [-0.25, -0.2) is 0 Å². The van der Waals surface area contributed by atoms with Crippen molar-refractivity contribution in [2.24, 2.45) is 0 Å². The SMILES string of the molecule is O=C1NC(=O)C(C(F)(F)C(F)(F)C(F)(F)C(F)(F)C(F)(F)C(F)(F)F)=C1C(F)(F)C(F)(F)C(F)(F)F. The number of hydrogen-bond acceptors (Lipinski definition) is 2. The van der Waals surface area contributed by atoms with Gasteiger partial charge in [-0.05, 0) is 0 Å². The fourth-order valence-electron chi connectivity index (χ4n) is 2.32. The van der Waals surface area contributed by atoms with Crippen molar-refractivity contribution in [2.75, 3.05) is 0 Å². The fourth-order valence-corrected chi connectivity index (χ4v) is 2.32. The maximum absolute atomic E-state index is 14.1. The van der Waals surface area contributed by atoms with Gasteiger partial charge >= 0.3 is 53.8 Å². The minimum absolute atomic E-state index is 0.0370. The molecule has 23 heteroatoms. The molecule has 0 aliphatic carbocycles. The number of carbonyl (C=O) groups is 2. The normalized spacial score (nSPS) is 18.2. The van der Waals surface area contributed by atoms with Crippen LogP contribution in [0.25, 0.3) is 0 Å². The van der Waals surface area contributed by atoms with Crippen LogP contribution in [-0.2, 0) is 9.59 Å². The van der Waals surface area contributed by atoms with E-state index >= 15 is 0 Å². The molecule has 0 aromatic carbocycles. The van der Waals surface area contributed by atoms with E-state index in [1.165, 1.54) is 0 Å². The Labute approximate surface area is 181 Å². The van der Waals surface area contributed by atoms with Gasteiger partial charge in [-0.3, -0.25) is 14.9 Å². The van der Waals surface area contributed by atoms with E-state index in [-0.39, 0.29) is 5.32 Å². The third-order valence-corrected chi connectivity index (χ3v) is 4.24. The first kappa shape index (κ1) is 31.5. The average Bonchev–Trinajstić information content (AvgIpc) is 2.94. The Hall–Kier alpha value is -2.52. The largest absolute Gasteiger partial charge is 0.460 e. The second kappa shape index (κ2) is 7.74. The van der Waals surface area contributed by atoms with Crippen molar-refractivity contribution in [1.82, 2.24) is 5.32 Å². The van der Waals surface area contributed by atoms with Gasteiger partial charge in [0.15, 0.2) is 0 Å². The third kappa shape index (κ3) is 3.74. The summed E-state index contributed by atoms with van der Waals surface area (Å²) in [4.78, 5) is 22.4. The summed E-state index contributed by atoms with van der Waals surface area (Å²) in [6.45, 7) is 0.